The van der Waals surface area contributed by atoms with Crippen LogP contribution in [0.1, 0.15) is 0 Å². The first-order chi connectivity index (χ1) is 10.1. The number of nitrogens with two attached hydrogens (primary N) is 1. The normalized spacial score (nSPS) is 10.8. The molecule has 0 aliphatic rings. The zero-order chi connectivity index (χ0) is 15.0. The SMILES string of the molecule is Nc1cccc(-c2nnnn2-c2ccc(Cl)c(F)c2)c1Br. The molecule has 0 aliphatic carbocycles. The fourth-order valence-corrected chi connectivity index (χ4v) is 2.43. The Morgan fingerprint density at radius 3 is 2.81 bits per heavy atom. The highest BCUT2D eigenvalue weighted by Crippen LogP contribution is 2.32. The number of nitrogen functional groups attached to an aromatic ring is 1. The fourth-order valence-electron chi connectivity index (χ4n) is 1.87. The predicted octanol–water partition coefficient (Wildman–Crippen LogP) is 3.47. The number of rotatable bonds is 2. The highest BCUT2D eigenvalue weighted by Gasteiger charge is 2.15. The van der Waals surface area contributed by atoms with Crippen LogP contribution < -0.4 is 5.73 Å². The van der Waals surface area contributed by atoms with Crippen molar-refractivity contribution in [2.24, 2.45) is 0 Å². The van der Waals surface area contributed by atoms with Crippen molar-refractivity contribution in [3.8, 4) is 17.1 Å². The molecule has 0 bridgehead atoms. The molecule has 5 nitrogen and oxygen atoms in total. The minimum Gasteiger partial charge on any atom is -0.398 e. The molecule has 2 N–H and O–H groups in total. The van der Waals surface area contributed by atoms with Crippen molar-refractivity contribution in [2.45, 2.75) is 0 Å². The third-order valence-corrected chi connectivity index (χ3v) is 4.08. The molecule has 0 fully saturated rings. The largest absolute Gasteiger partial charge is 0.398 e. The van der Waals surface area contributed by atoms with Crippen molar-refractivity contribution in [2.75, 3.05) is 5.73 Å². The van der Waals surface area contributed by atoms with Gasteiger partial charge in [0.25, 0.3) is 0 Å². The van der Waals surface area contributed by atoms with E-state index in [0.717, 1.165) is 0 Å². The molecule has 0 unspecified atom stereocenters. The van der Waals surface area contributed by atoms with Gasteiger partial charge in [-0.1, -0.05) is 17.7 Å². The molecule has 0 aliphatic heterocycles. The lowest BCUT2D eigenvalue weighted by Gasteiger charge is -2.08. The van der Waals surface area contributed by atoms with E-state index in [0.29, 0.717) is 27.2 Å². The van der Waals surface area contributed by atoms with Crippen LogP contribution in [-0.2, 0) is 0 Å². The van der Waals surface area contributed by atoms with Gasteiger partial charge in [-0.3, -0.25) is 0 Å². The van der Waals surface area contributed by atoms with E-state index in [1.54, 1.807) is 18.2 Å². The van der Waals surface area contributed by atoms with Gasteiger partial charge in [-0.25, -0.2) is 4.39 Å². The van der Waals surface area contributed by atoms with Crippen LogP contribution in [0.15, 0.2) is 40.9 Å². The van der Waals surface area contributed by atoms with E-state index in [4.69, 9.17) is 17.3 Å². The summed E-state index contributed by atoms with van der Waals surface area (Å²) in [6, 6.07) is 9.70. The molecule has 0 saturated heterocycles. The second-order valence-electron chi connectivity index (χ2n) is 4.22. The Labute approximate surface area is 132 Å². The number of hydrogen-bond acceptors (Lipinski definition) is 4. The van der Waals surface area contributed by atoms with E-state index >= 15 is 0 Å². The number of halogens is 3. The van der Waals surface area contributed by atoms with Gasteiger partial charge in [0.1, 0.15) is 5.82 Å². The molecule has 0 radical (unpaired) electrons. The summed E-state index contributed by atoms with van der Waals surface area (Å²) < 4.78 is 15.7. The maximum Gasteiger partial charge on any atom is 0.188 e. The minimum absolute atomic E-state index is 0.0403. The lowest BCUT2D eigenvalue weighted by Crippen LogP contribution is -2.01. The number of tetrazole rings is 1. The standard InChI is InChI=1S/C13H8BrClFN5/c14-12-8(2-1-3-11(12)17)13-18-19-20-21(13)7-4-5-9(15)10(16)6-7/h1-6H,17H2. The van der Waals surface area contributed by atoms with Crippen molar-refractivity contribution >= 4 is 33.2 Å². The van der Waals surface area contributed by atoms with Crippen LogP contribution in [0.3, 0.4) is 0 Å². The topological polar surface area (TPSA) is 69.6 Å². The summed E-state index contributed by atoms with van der Waals surface area (Å²) in [5, 5.41) is 11.6. The van der Waals surface area contributed by atoms with Crippen LogP contribution in [0.25, 0.3) is 17.1 Å². The molecule has 8 heteroatoms. The Bertz CT molecular complexity index is 820. The number of aromatic nitrogens is 4. The first kappa shape index (κ1) is 14.0. The van der Waals surface area contributed by atoms with Gasteiger partial charge in [0.05, 0.1) is 15.2 Å². The Kier molecular flexibility index (Phi) is 3.60. The summed E-state index contributed by atoms with van der Waals surface area (Å²) in [7, 11) is 0. The molecule has 0 atom stereocenters. The molecule has 0 spiro atoms. The highest BCUT2D eigenvalue weighted by atomic mass is 79.9. The van der Waals surface area contributed by atoms with Gasteiger partial charge in [0.15, 0.2) is 5.82 Å². The molecule has 106 valence electrons. The van der Waals surface area contributed by atoms with Crippen molar-refractivity contribution in [3.63, 3.8) is 0 Å². The Morgan fingerprint density at radius 2 is 2.05 bits per heavy atom. The van der Waals surface area contributed by atoms with Crippen LogP contribution in [0, 0.1) is 5.82 Å². The van der Waals surface area contributed by atoms with E-state index in [1.807, 2.05) is 6.07 Å². The number of anilines is 1. The van der Waals surface area contributed by atoms with E-state index in [9.17, 15) is 4.39 Å². The lowest BCUT2D eigenvalue weighted by molar-refractivity contribution is 0.625. The first-order valence-corrected chi connectivity index (χ1v) is 7.03. The fraction of sp³-hybridized carbons (Fsp3) is 0. The maximum atomic E-state index is 13.6. The first-order valence-electron chi connectivity index (χ1n) is 5.86. The van der Waals surface area contributed by atoms with Crippen molar-refractivity contribution < 1.29 is 4.39 Å². The van der Waals surface area contributed by atoms with Gasteiger partial charge in [-0.15, -0.1) is 5.10 Å². The molecule has 1 heterocycles. The molecular weight excluding hydrogens is 361 g/mol. The van der Waals surface area contributed by atoms with E-state index < -0.39 is 5.82 Å². The molecule has 0 saturated carbocycles. The summed E-state index contributed by atoms with van der Waals surface area (Å²) in [4.78, 5) is 0. The molecule has 1 aromatic heterocycles. The third-order valence-electron chi connectivity index (χ3n) is 2.89. The summed E-state index contributed by atoms with van der Waals surface area (Å²) in [5.74, 6) is -0.0989. The van der Waals surface area contributed by atoms with E-state index in [-0.39, 0.29) is 5.02 Å². The van der Waals surface area contributed by atoms with Gasteiger partial charge >= 0.3 is 0 Å². The second-order valence-corrected chi connectivity index (χ2v) is 5.42. The second kappa shape index (κ2) is 5.42. The van der Waals surface area contributed by atoms with Crippen LogP contribution in [0.4, 0.5) is 10.1 Å². The third kappa shape index (κ3) is 2.50. The van der Waals surface area contributed by atoms with Crippen LogP contribution in [0.2, 0.25) is 5.02 Å². The summed E-state index contributed by atoms with van der Waals surface area (Å²) in [5.41, 5.74) is 7.58. The Morgan fingerprint density at radius 1 is 1.24 bits per heavy atom. The molecule has 3 aromatic rings. The van der Waals surface area contributed by atoms with Gasteiger partial charge in [0, 0.05) is 17.3 Å². The zero-order valence-corrected chi connectivity index (χ0v) is 12.8. The van der Waals surface area contributed by atoms with E-state index in [2.05, 4.69) is 31.5 Å². The summed E-state index contributed by atoms with van der Waals surface area (Å²) >= 11 is 9.09. The summed E-state index contributed by atoms with van der Waals surface area (Å²) in [6.07, 6.45) is 0. The number of benzene rings is 2. The zero-order valence-electron chi connectivity index (χ0n) is 10.5. The maximum absolute atomic E-state index is 13.6. The predicted molar refractivity (Wildman–Crippen MR) is 81.7 cm³/mol. The van der Waals surface area contributed by atoms with Crippen LogP contribution in [0.5, 0.6) is 0 Å². The van der Waals surface area contributed by atoms with Crippen molar-refractivity contribution in [1.82, 2.24) is 20.2 Å². The smallest absolute Gasteiger partial charge is 0.188 e. The molecule has 21 heavy (non-hydrogen) atoms. The molecular formula is C13H8BrClFN5. The van der Waals surface area contributed by atoms with Gasteiger partial charge in [-0.05, 0) is 50.6 Å². The Balaban J connectivity index is 2.17. The van der Waals surface area contributed by atoms with Crippen molar-refractivity contribution in [3.05, 3.63) is 51.7 Å². The molecule has 2 aromatic carbocycles. The van der Waals surface area contributed by atoms with Crippen LogP contribution in [-0.4, -0.2) is 20.2 Å². The molecule has 0 amide bonds. The minimum atomic E-state index is -0.540. The average molecular weight is 369 g/mol. The monoisotopic (exact) mass is 367 g/mol. The summed E-state index contributed by atoms with van der Waals surface area (Å²) in [6.45, 7) is 0. The van der Waals surface area contributed by atoms with Gasteiger partial charge < -0.3 is 5.73 Å². The van der Waals surface area contributed by atoms with Gasteiger partial charge in [-0.2, -0.15) is 4.68 Å². The lowest BCUT2D eigenvalue weighted by atomic mass is 10.2. The number of nitrogens with zero attached hydrogens (tertiary/aromatic N) is 4. The van der Waals surface area contributed by atoms with Crippen molar-refractivity contribution in [1.29, 1.82) is 0 Å². The van der Waals surface area contributed by atoms with Crippen LogP contribution >= 0.6 is 27.5 Å². The van der Waals surface area contributed by atoms with E-state index in [1.165, 1.54) is 16.8 Å². The molecule has 3 rings (SSSR count). The highest BCUT2D eigenvalue weighted by molar-refractivity contribution is 9.10. The van der Waals surface area contributed by atoms with Gasteiger partial charge in [0.2, 0.25) is 0 Å². The number of hydrogen-bond donors (Lipinski definition) is 1. The quantitative estimate of drug-likeness (QED) is 0.703. The Hall–Kier alpha value is -1.99. The average Bonchev–Trinajstić information content (AvgIpc) is 2.94.